The lowest BCUT2D eigenvalue weighted by molar-refractivity contribution is -0.166. The summed E-state index contributed by atoms with van der Waals surface area (Å²) in [5.41, 5.74) is 2.76. The molecule has 2 aromatic rings. The molecule has 4 heteroatoms. The maximum Gasteiger partial charge on any atom is 0.337 e. The number of carboxylic acid groups (broad SMARTS) is 1. The number of nitrogens with zero attached hydrogens (tertiary/aromatic N) is 1. The van der Waals surface area contributed by atoms with Crippen LogP contribution < -0.4 is 0 Å². The number of hydrogen-bond acceptors (Lipinski definition) is 3. The molecule has 1 spiro atoms. The van der Waals surface area contributed by atoms with Gasteiger partial charge in [0.2, 0.25) is 0 Å². The molecule has 1 saturated heterocycles. The van der Waals surface area contributed by atoms with Crippen LogP contribution in [0.25, 0.3) is 0 Å². The minimum absolute atomic E-state index is 0.438. The normalized spacial score (nSPS) is 22.4. The SMILES string of the molecule is O=C(O)C1OC2(CCN(Cc3ccccc3)CC2)c2ccccc21. The largest absolute Gasteiger partial charge is 0.479 e. The van der Waals surface area contributed by atoms with Crippen LogP contribution in [0.3, 0.4) is 0 Å². The van der Waals surface area contributed by atoms with Crippen LogP contribution in [0.2, 0.25) is 0 Å². The van der Waals surface area contributed by atoms with Crippen LogP contribution in [0, 0.1) is 0 Å². The highest BCUT2D eigenvalue weighted by molar-refractivity contribution is 5.76. The van der Waals surface area contributed by atoms with Crippen molar-refractivity contribution in [3.05, 3.63) is 71.3 Å². The predicted molar refractivity (Wildman–Crippen MR) is 90.5 cm³/mol. The molecule has 0 saturated carbocycles. The molecule has 1 N–H and O–H groups in total. The zero-order chi connectivity index (χ0) is 16.6. The third-order valence-corrected chi connectivity index (χ3v) is 5.21. The molecule has 124 valence electrons. The third kappa shape index (κ3) is 2.62. The summed E-state index contributed by atoms with van der Waals surface area (Å²) in [5.74, 6) is -0.897. The maximum absolute atomic E-state index is 11.6. The second kappa shape index (κ2) is 6.04. The van der Waals surface area contributed by atoms with E-state index >= 15 is 0 Å². The van der Waals surface area contributed by atoms with Gasteiger partial charge in [-0.05, 0) is 29.5 Å². The minimum atomic E-state index is -0.897. The van der Waals surface area contributed by atoms with Crippen molar-refractivity contribution in [2.75, 3.05) is 13.1 Å². The third-order valence-electron chi connectivity index (χ3n) is 5.21. The number of hydrogen-bond donors (Lipinski definition) is 1. The molecule has 1 fully saturated rings. The van der Waals surface area contributed by atoms with Gasteiger partial charge in [0.25, 0.3) is 0 Å². The number of carboxylic acids is 1. The second-order valence-corrected chi connectivity index (χ2v) is 6.68. The zero-order valence-electron chi connectivity index (χ0n) is 13.5. The second-order valence-electron chi connectivity index (χ2n) is 6.68. The number of likely N-dealkylation sites (tertiary alicyclic amines) is 1. The van der Waals surface area contributed by atoms with Gasteiger partial charge in [0.15, 0.2) is 6.10 Å². The smallest absolute Gasteiger partial charge is 0.337 e. The molecule has 2 aliphatic heterocycles. The van der Waals surface area contributed by atoms with Crippen LogP contribution in [-0.2, 0) is 21.7 Å². The monoisotopic (exact) mass is 323 g/mol. The Morgan fingerprint density at radius 1 is 1.08 bits per heavy atom. The van der Waals surface area contributed by atoms with Crippen LogP contribution in [-0.4, -0.2) is 29.1 Å². The molecule has 4 rings (SSSR count). The van der Waals surface area contributed by atoms with Crippen molar-refractivity contribution in [2.24, 2.45) is 0 Å². The lowest BCUT2D eigenvalue weighted by atomic mass is 9.83. The first kappa shape index (κ1) is 15.4. The zero-order valence-corrected chi connectivity index (χ0v) is 13.5. The van der Waals surface area contributed by atoms with Crippen LogP contribution in [0.4, 0.5) is 0 Å². The average Bonchev–Trinajstić information content (AvgIpc) is 2.93. The van der Waals surface area contributed by atoms with Gasteiger partial charge in [-0.15, -0.1) is 0 Å². The molecule has 4 nitrogen and oxygen atoms in total. The molecule has 0 aromatic heterocycles. The molecule has 0 radical (unpaired) electrons. The molecule has 0 amide bonds. The number of benzene rings is 2. The number of piperidine rings is 1. The maximum atomic E-state index is 11.6. The highest BCUT2D eigenvalue weighted by Gasteiger charge is 2.48. The average molecular weight is 323 g/mol. The van der Waals surface area contributed by atoms with Crippen LogP contribution in [0.5, 0.6) is 0 Å². The van der Waals surface area contributed by atoms with Gasteiger partial charge < -0.3 is 9.84 Å². The summed E-state index contributed by atoms with van der Waals surface area (Å²) in [6.45, 7) is 2.76. The van der Waals surface area contributed by atoms with Crippen molar-refractivity contribution in [3.8, 4) is 0 Å². The Labute approximate surface area is 141 Å². The Morgan fingerprint density at radius 3 is 2.46 bits per heavy atom. The summed E-state index contributed by atoms with van der Waals surface area (Å²) in [6.07, 6.45) is 0.836. The molecular weight excluding hydrogens is 302 g/mol. The fourth-order valence-corrected chi connectivity index (χ4v) is 3.98. The fourth-order valence-electron chi connectivity index (χ4n) is 3.98. The number of rotatable bonds is 3. The molecule has 2 aromatic carbocycles. The summed E-state index contributed by atoms with van der Waals surface area (Å²) >= 11 is 0. The van der Waals surface area contributed by atoms with E-state index in [2.05, 4.69) is 29.2 Å². The Bertz CT molecular complexity index is 736. The van der Waals surface area contributed by atoms with Crippen molar-refractivity contribution < 1.29 is 14.6 Å². The summed E-state index contributed by atoms with van der Waals surface area (Å²) < 4.78 is 6.09. The summed E-state index contributed by atoms with van der Waals surface area (Å²) in [6, 6.07) is 18.2. The molecule has 1 unspecified atom stereocenters. The Morgan fingerprint density at radius 2 is 1.75 bits per heavy atom. The van der Waals surface area contributed by atoms with E-state index in [1.165, 1.54) is 5.56 Å². The quantitative estimate of drug-likeness (QED) is 0.941. The Balaban J connectivity index is 1.52. The summed E-state index contributed by atoms with van der Waals surface area (Å²) in [5, 5.41) is 9.49. The Kier molecular flexibility index (Phi) is 3.87. The molecule has 0 bridgehead atoms. The van der Waals surface area contributed by atoms with Gasteiger partial charge in [0, 0.05) is 19.6 Å². The highest BCUT2D eigenvalue weighted by Crippen LogP contribution is 2.49. The predicted octanol–water partition coefficient (Wildman–Crippen LogP) is 3.33. The topological polar surface area (TPSA) is 49.8 Å². The highest BCUT2D eigenvalue weighted by atomic mass is 16.5. The Hall–Kier alpha value is -2.17. The first-order chi connectivity index (χ1) is 11.7. The number of carbonyl (C=O) groups is 1. The van der Waals surface area contributed by atoms with E-state index in [1.54, 1.807) is 0 Å². The molecular formula is C20H21NO3. The van der Waals surface area contributed by atoms with Gasteiger partial charge in [-0.3, -0.25) is 4.90 Å². The van der Waals surface area contributed by atoms with Crippen molar-refractivity contribution >= 4 is 5.97 Å². The van der Waals surface area contributed by atoms with E-state index in [0.717, 1.165) is 43.6 Å². The van der Waals surface area contributed by atoms with Crippen LogP contribution in [0.15, 0.2) is 54.6 Å². The summed E-state index contributed by atoms with van der Waals surface area (Å²) in [7, 11) is 0. The van der Waals surface area contributed by atoms with Gasteiger partial charge in [0.05, 0.1) is 5.60 Å². The van der Waals surface area contributed by atoms with E-state index in [0.29, 0.717) is 0 Å². The minimum Gasteiger partial charge on any atom is -0.479 e. The molecule has 0 aliphatic carbocycles. The molecule has 1 atom stereocenters. The van der Waals surface area contributed by atoms with Crippen molar-refractivity contribution in [1.29, 1.82) is 0 Å². The van der Waals surface area contributed by atoms with Gasteiger partial charge >= 0.3 is 5.97 Å². The molecule has 2 heterocycles. The van der Waals surface area contributed by atoms with Gasteiger partial charge in [-0.1, -0.05) is 54.6 Å². The van der Waals surface area contributed by atoms with Crippen molar-refractivity contribution in [2.45, 2.75) is 31.1 Å². The molecule has 2 aliphatic rings. The summed E-state index contributed by atoms with van der Waals surface area (Å²) in [4.78, 5) is 14.0. The van der Waals surface area contributed by atoms with E-state index in [1.807, 2.05) is 30.3 Å². The molecule has 24 heavy (non-hydrogen) atoms. The number of aliphatic carboxylic acids is 1. The lowest BCUT2D eigenvalue weighted by Gasteiger charge is -2.39. The standard InChI is InChI=1S/C20H21NO3/c22-19(23)18-16-8-4-5-9-17(16)20(24-18)10-12-21(13-11-20)14-15-6-2-1-3-7-15/h1-9,18H,10-14H2,(H,22,23). The van der Waals surface area contributed by atoms with E-state index in [4.69, 9.17) is 4.74 Å². The van der Waals surface area contributed by atoms with Gasteiger partial charge in [-0.2, -0.15) is 0 Å². The van der Waals surface area contributed by atoms with Crippen molar-refractivity contribution in [3.63, 3.8) is 0 Å². The van der Waals surface area contributed by atoms with E-state index in [-0.39, 0.29) is 0 Å². The van der Waals surface area contributed by atoms with E-state index < -0.39 is 17.7 Å². The van der Waals surface area contributed by atoms with Gasteiger partial charge in [0.1, 0.15) is 0 Å². The first-order valence-corrected chi connectivity index (χ1v) is 8.44. The lowest BCUT2D eigenvalue weighted by Crippen LogP contribution is -2.42. The fraction of sp³-hybridized carbons (Fsp3) is 0.350. The van der Waals surface area contributed by atoms with Gasteiger partial charge in [-0.25, -0.2) is 4.79 Å². The van der Waals surface area contributed by atoms with Crippen molar-refractivity contribution in [1.82, 2.24) is 4.90 Å². The number of fused-ring (bicyclic) bond motifs is 2. The van der Waals surface area contributed by atoms with Crippen LogP contribution in [0.1, 0.15) is 35.6 Å². The van der Waals surface area contributed by atoms with Crippen LogP contribution >= 0.6 is 0 Å². The number of ether oxygens (including phenoxy) is 1. The first-order valence-electron chi connectivity index (χ1n) is 8.44. The van der Waals surface area contributed by atoms with E-state index in [9.17, 15) is 9.90 Å².